The van der Waals surface area contributed by atoms with Gasteiger partial charge >= 0.3 is 0 Å². The fraction of sp³-hybridized carbons (Fsp3) is 0.526. The predicted octanol–water partition coefficient (Wildman–Crippen LogP) is 1.30. The van der Waals surface area contributed by atoms with Crippen molar-refractivity contribution >= 4 is 5.78 Å². The second-order valence-electron chi connectivity index (χ2n) is 7.56. The molecule has 1 saturated heterocycles. The van der Waals surface area contributed by atoms with Crippen LogP contribution in [0.2, 0.25) is 0 Å². The molecule has 5 rings (SSSR count). The highest BCUT2D eigenvalue weighted by Crippen LogP contribution is 2.64. The van der Waals surface area contributed by atoms with Crippen LogP contribution in [0.5, 0.6) is 11.5 Å². The summed E-state index contributed by atoms with van der Waals surface area (Å²) in [6.45, 7) is 5.36. The second-order valence-corrected chi connectivity index (χ2v) is 7.56. The number of aromatic hydroxyl groups is 1. The molecule has 2 bridgehead atoms. The SMILES string of the molecule is C=CCN1CC[C@]23c4c5ccc(O)c4OC2C(=O)CC[C@@]3(O)C1C5. The molecule has 4 aliphatic rings. The second kappa shape index (κ2) is 4.41. The Morgan fingerprint density at radius 2 is 2.25 bits per heavy atom. The molecule has 126 valence electrons. The van der Waals surface area contributed by atoms with Crippen molar-refractivity contribution in [1.82, 2.24) is 4.90 Å². The number of ketones is 1. The van der Waals surface area contributed by atoms with Crippen LogP contribution in [0.15, 0.2) is 24.8 Å². The molecule has 2 aliphatic carbocycles. The molecule has 1 spiro atoms. The minimum absolute atomic E-state index is 0.0408. The third-order valence-electron chi connectivity index (χ3n) is 6.73. The summed E-state index contributed by atoms with van der Waals surface area (Å²) in [4.78, 5) is 14.9. The van der Waals surface area contributed by atoms with Crippen molar-refractivity contribution in [2.75, 3.05) is 13.1 Å². The van der Waals surface area contributed by atoms with Gasteiger partial charge in [0.25, 0.3) is 0 Å². The normalized spacial score (nSPS) is 39.3. The van der Waals surface area contributed by atoms with E-state index in [0.29, 0.717) is 31.4 Å². The molecule has 1 aromatic rings. The van der Waals surface area contributed by atoms with Crippen LogP contribution in [0.4, 0.5) is 0 Å². The first-order valence-electron chi connectivity index (χ1n) is 8.65. The number of rotatable bonds is 2. The van der Waals surface area contributed by atoms with Crippen molar-refractivity contribution in [1.29, 1.82) is 0 Å². The highest BCUT2D eigenvalue weighted by atomic mass is 16.5. The molecule has 2 heterocycles. The van der Waals surface area contributed by atoms with Gasteiger partial charge in [-0.3, -0.25) is 9.69 Å². The highest BCUT2D eigenvalue weighted by molar-refractivity contribution is 5.90. The van der Waals surface area contributed by atoms with E-state index in [4.69, 9.17) is 4.74 Å². The van der Waals surface area contributed by atoms with E-state index in [1.807, 2.05) is 12.1 Å². The summed E-state index contributed by atoms with van der Waals surface area (Å²) in [6, 6.07) is 3.52. The Bertz CT molecular complexity index is 775. The Labute approximate surface area is 140 Å². The molecule has 5 nitrogen and oxygen atoms in total. The Morgan fingerprint density at radius 1 is 1.42 bits per heavy atom. The Hall–Kier alpha value is -1.85. The maximum absolute atomic E-state index is 12.6. The standard InChI is InChI=1S/C19H21NO4/c1-2-8-20-9-7-18-15-11-3-4-12(21)16(15)24-17(18)13(22)5-6-19(18,23)14(20)10-11/h2-4,14,17,21,23H,1,5-10H2/t14?,17?,18-,19+/m0/s1. The molecule has 2 unspecified atom stereocenters. The summed E-state index contributed by atoms with van der Waals surface area (Å²) in [5.41, 5.74) is 0.256. The topological polar surface area (TPSA) is 70.0 Å². The van der Waals surface area contributed by atoms with Gasteiger partial charge in [-0.05, 0) is 30.9 Å². The fourth-order valence-electron chi connectivity index (χ4n) is 5.80. The first kappa shape index (κ1) is 14.5. The van der Waals surface area contributed by atoms with Crippen molar-refractivity contribution in [3.8, 4) is 11.5 Å². The minimum Gasteiger partial charge on any atom is -0.504 e. The zero-order valence-corrected chi connectivity index (χ0v) is 13.5. The van der Waals surface area contributed by atoms with Gasteiger partial charge in [-0.25, -0.2) is 0 Å². The molecule has 2 aliphatic heterocycles. The van der Waals surface area contributed by atoms with Crippen molar-refractivity contribution in [2.45, 2.75) is 48.8 Å². The number of hydrogen-bond acceptors (Lipinski definition) is 5. The van der Waals surface area contributed by atoms with Crippen LogP contribution in [0, 0.1) is 0 Å². The van der Waals surface area contributed by atoms with Gasteiger partial charge in [0.2, 0.25) is 0 Å². The third-order valence-corrected chi connectivity index (χ3v) is 6.73. The van der Waals surface area contributed by atoms with Crippen LogP contribution in [0.1, 0.15) is 30.4 Å². The van der Waals surface area contributed by atoms with E-state index in [9.17, 15) is 15.0 Å². The lowest BCUT2D eigenvalue weighted by atomic mass is 9.49. The number of phenolic OH excluding ortho intramolecular Hbond substituents is 1. The van der Waals surface area contributed by atoms with Crippen molar-refractivity contribution in [2.24, 2.45) is 0 Å². The van der Waals surface area contributed by atoms with Gasteiger partial charge in [0.05, 0.1) is 11.0 Å². The number of piperidine rings is 1. The number of ether oxygens (including phenoxy) is 1. The van der Waals surface area contributed by atoms with Gasteiger partial charge in [-0.2, -0.15) is 0 Å². The van der Waals surface area contributed by atoms with Crippen LogP contribution in [0.25, 0.3) is 0 Å². The molecule has 5 heteroatoms. The Balaban J connectivity index is 1.80. The van der Waals surface area contributed by atoms with Crippen LogP contribution < -0.4 is 4.74 Å². The smallest absolute Gasteiger partial charge is 0.174 e. The average Bonchev–Trinajstić information content (AvgIpc) is 2.91. The summed E-state index contributed by atoms with van der Waals surface area (Å²) in [5.74, 6) is 0.528. The number of carbonyl (C=O) groups is 1. The van der Waals surface area contributed by atoms with Gasteiger partial charge in [0, 0.05) is 31.1 Å². The summed E-state index contributed by atoms with van der Waals surface area (Å²) in [5, 5.41) is 22.1. The zero-order chi connectivity index (χ0) is 16.7. The van der Waals surface area contributed by atoms with Crippen LogP contribution in [0.3, 0.4) is 0 Å². The molecular formula is C19H21NO4. The van der Waals surface area contributed by atoms with E-state index in [0.717, 1.165) is 24.2 Å². The maximum Gasteiger partial charge on any atom is 0.174 e. The van der Waals surface area contributed by atoms with E-state index in [2.05, 4.69) is 11.5 Å². The quantitative estimate of drug-likeness (QED) is 0.802. The van der Waals surface area contributed by atoms with Crippen LogP contribution >= 0.6 is 0 Å². The summed E-state index contributed by atoms with van der Waals surface area (Å²) in [6.07, 6.45) is 3.35. The number of hydrogen-bond donors (Lipinski definition) is 2. The molecule has 0 radical (unpaired) electrons. The van der Waals surface area contributed by atoms with Gasteiger partial charge in [0.15, 0.2) is 23.4 Å². The summed E-state index contributed by atoms with van der Waals surface area (Å²) < 4.78 is 5.98. The van der Waals surface area contributed by atoms with Crippen molar-refractivity contribution in [3.05, 3.63) is 35.9 Å². The van der Waals surface area contributed by atoms with Crippen molar-refractivity contribution in [3.63, 3.8) is 0 Å². The van der Waals surface area contributed by atoms with Gasteiger partial charge in [0.1, 0.15) is 0 Å². The minimum atomic E-state index is -1.00. The Morgan fingerprint density at radius 3 is 3.04 bits per heavy atom. The monoisotopic (exact) mass is 327 g/mol. The first-order chi connectivity index (χ1) is 11.5. The largest absolute Gasteiger partial charge is 0.504 e. The molecule has 4 atom stereocenters. The summed E-state index contributed by atoms with van der Waals surface area (Å²) >= 11 is 0. The van der Waals surface area contributed by atoms with Crippen LogP contribution in [-0.4, -0.2) is 51.7 Å². The van der Waals surface area contributed by atoms with Gasteiger partial charge in [-0.1, -0.05) is 12.1 Å². The Kier molecular flexibility index (Phi) is 2.66. The average molecular weight is 327 g/mol. The van der Waals surface area contributed by atoms with Gasteiger partial charge in [-0.15, -0.1) is 6.58 Å². The molecule has 1 saturated carbocycles. The number of phenols is 1. The van der Waals surface area contributed by atoms with E-state index in [-0.39, 0.29) is 17.6 Å². The number of benzene rings is 1. The lowest BCUT2D eigenvalue weighted by molar-refractivity contribution is -0.187. The zero-order valence-electron chi connectivity index (χ0n) is 13.5. The third kappa shape index (κ3) is 1.38. The maximum atomic E-state index is 12.6. The number of aliphatic hydroxyl groups is 1. The molecule has 2 fully saturated rings. The van der Waals surface area contributed by atoms with Gasteiger partial charge < -0.3 is 14.9 Å². The molecule has 0 amide bonds. The molecule has 2 N–H and O–H groups in total. The molecular weight excluding hydrogens is 306 g/mol. The lowest BCUT2D eigenvalue weighted by Crippen LogP contribution is -2.76. The number of nitrogens with zero attached hydrogens (tertiary/aromatic N) is 1. The van der Waals surface area contributed by atoms with E-state index in [1.54, 1.807) is 6.07 Å². The predicted molar refractivity (Wildman–Crippen MR) is 87.3 cm³/mol. The number of likely N-dealkylation sites (tertiary alicyclic amines) is 1. The summed E-state index contributed by atoms with van der Waals surface area (Å²) in [7, 11) is 0. The fourth-order valence-corrected chi connectivity index (χ4v) is 5.80. The number of carbonyl (C=O) groups excluding carboxylic acids is 1. The van der Waals surface area contributed by atoms with Crippen molar-refractivity contribution < 1.29 is 19.7 Å². The highest BCUT2D eigenvalue weighted by Gasteiger charge is 2.72. The van der Waals surface area contributed by atoms with E-state index >= 15 is 0 Å². The lowest BCUT2D eigenvalue weighted by Gasteiger charge is -2.62. The number of Topliss-reactive ketones (excluding diaryl/α,β-unsaturated/α-hetero) is 1. The molecule has 24 heavy (non-hydrogen) atoms. The molecule has 0 aromatic heterocycles. The first-order valence-corrected chi connectivity index (χ1v) is 8.65. The molecule has 1 aromatic carbocycles. The van der Waals surface area contributed by atoms with E-state index in [1.165, 1.54) is 0 Å². The van der Waals surface area contributed by atoms with Crippen LogP contribution in [-0.2, 0) is 16.6 Å². The van der Waals surface area contributed by atoms with E-state index < -0.39 is 17.1 Å².